The molecule has 0 radical (unpaired) electrons. The number of amides is 1. The standard InChI is InChI=1S/C14H14ClN3O2/c1-9-6-10(7-17-14(9)15)18-13(19)8-20-12-5-3-2-4-11(12)16/h2-7H,8,16H2,1H3,(H,18,19). The number of para-hydroxylation sites is 2. The van der Waals surface area contributed by atoms with E-state index in [1.807, 2.05) is 6.92 Å². The van der Waals surface area contributed by atoms with Crippen molar-refractivity contribution in [3.05, 3.63) is 47.2 Å². The average Bonchev–Trinajstić information content (AvgIpc) is 2.42. The molecule has 0 aliphatic heterocycles. The van der Waals surface area contributed by atoms with Gasteiger partial charge in [0.15, 0.2) is 6.61 Å². The molecule has 20 heavy (non-hydrogen) atoms. The molecule has 5 nitrogen and oxygen atoms in total. The minimum absolute atomic E-state index is 0.129. The van der Waals surface area contributed by atoms with Crippen LogP contribution in [0, 0.1) is 6.92 Å². The second-order valence-electron chi connectivity index (χ2n) is 4.21. The zero-order chi connectivity index (χ0) is 14.5. The monoisotopic (exact) mass is 291 g/mol. The second kappa shape index (κ2) is 6.25. The summed E-state index contributed by atoms with van der Waals surface area (Å²) in [4.78, 5) is 15.7. The van der Waals surface area contributed by atoms with Gasteiger partial charge in [-0.05, 0) is 30.7 Å². The Bertz CT molecular complexity index is 632. The van der Waals surface area contributed by atoms with Gasteiger partial charge in [0.2, 0.25) is 0 Å². The number of pyridine rings is 1. The summed E-state index contributed by atoms with van der Waals surface area (Å²) in [6, 6.07) is 8.74. The first-order valence-electron chi connectivity index (χ1n) is 5.95. The van der Waals surface area contributed by atoms with E-state index in [1.54, 1.807) is 30.3 Å². The van der Waals surface area contributed by atoms with E-state index in [2.05, 4.69) is 10.3 Å². The molecule has 6 heteroatoms. The lowest BCUT2D eigenvalue weighted by Gasteiger charge is -2.09. The lowest BCUT2D eigenvalue weighted by molar-refractivity contribution is -0.118. The van der Waals surface area contributed by atoms with Crippen molar-refractivity contribution in [3.8, 4) is 5.75 Å². The van der Waals surface area contributed by atoms with E-state index in [-0.39, 0.29) is 12.5 Å². The highest BCUT2D eigenvalue weighted by Crippen LogP contribution is 2.20. The quantitative estimate of drug-likeness (QED) is 0.670. The predicted octanol–water partition coefficient (Wildman–Crippen LogP) is 2.64. The summed E-state index contributed by atoms with van der Waals surface area (Å²) in [6.45, 7) is 1.68. The van der Waals surface area contributed by atoms with E-state index in [4.69, 9.17) is 22.1 Å². The SMILES string of the molecule is Cc1cc(NC(=O)COc2ccccc2N)cnc1Cl. The van der Waals surface area contributed by atoms with Crippen LogP contribution in [0.3, 0.4) is 0 Å². The molecular weight excluding hydrogens is 278 g/mol. The van der Waals surface area contributed by atoms with Crippen LogP contribution in [0.5, 0.6) is 5.75 Å². The van der Waals surface area contributed by atoms with E-state index >= 15 is 0 Å². The summed E-state index contributed by atoms with van der Waals surface area (Å²) in [6.07, 6.45) is 1.49. The number of hydrogen-bond acceptors (Lipinski definition) is 4. The molecule has 0 aliphatic carbocycles. The Balaban J connectivity index is 1.93. The number of nitrogens with one attached hydrogen (secondary N) is 1. The molecule has 0 aliphatic rings. The number of anilines is 2. The Morgan fingerprint density at radius 1 is 1.45 bits per heavy atom. The number of nitrogen functional groups attached to an aromatic ring is 1. The van der Waals surface area contributed by atoms with Crippen molar-refractivity contribution in [1.29, 1.82) is 0 Å². The summed E-state index contributed by atoms with van der Waals surface area (Å²) in [5.74, 6) is 0.185. The van der Waals surface area contributed by atoms with Gasteiger partial charge < -0.3 is 15.8 Å². The fourth-order valence-corrected chi connectivity index (χ4v) is 1.68. The first kappa shape index (κ1) is 14.1. The number of aryl methyl sites for hydroxylation is 1. The lowest BCUT2D eigenvalue weighted by Crippen LogP contribution is -2.20. The van der Waals surface area contributed by atoms with Crippen LogP contribution >= 0.6 is 11.6 Å². The molecule has 0 atom stereocenters. The van der Waals surface area contributed by atoms with Gasteiger partial charge in [-0.15, -0.1) is 0 Å². The molecule has 0 bridgehead atoms. The number of hydrogen-bond donors (Lipinski definition) is 2. The lowest BCUT2D eigenvalue weighted by atomic mass is 10.3. The van der Waals surface area contributed by atoms with Gasteiger partial charge in [0.05, 0.1) is 17.6 Å². The zero-order valence-corrected chi connectivity index (χ0v) is 11.6. The normalized spacial score (nSPS) is 10.1. The largest absolute Gasteiger partial charge is 0.482 e. The van der Waals surface area contributed by atoms with Crippen LogP contribution in [-0.2, 0) is 4.79 Å². The van der Waals surface area contributed by atoms with Crippen LogP contribution < -0.4 is 15.8 Å². The van der Waals surface area contributed by atoms with Gasteiger partial charge in [-0.2, -0.15) is 0 Å². The Kier molecular flexibility index (Phi) is 4.42. The Morgan fingerprint density at radius 3 is 2.90 bits per heavy atom. The maximum absolute atomic E-state index is 11.8. The molecule has 0 fully saturated rings. The highest BCUT2D eigenvalue weighted by Gasteiger charge is 2.06. The van der Waals surface area contributed by atoms with Gasteiger partial charge in [-0.1, -0.05) is 23.7 Å². The van der Waals surface area contributed by atoms with E-state index in [0.717, 1.165) is 5.56 Å². The maximum atomic E-state index is 11.8. The number of halogens is 1. The zero-order valence-electron chi connectivity index (χ0n) is 10.9. The van der Waals surface area contributed by atoms with E-state index in [0.29, 0.717) is 22.3 Å². The molecule has 1 heterocycles. The number of carbonyl (C=O) groups is 1. The maximum Gasteiger partial charge on any atom is 0.262 e. The molecule has 0 saturated heterocycles. The van der Waals surface area contributed by atoms with Crippen molar-refractivity contribution in [1.82, 2.24) is 4.98 Å². The molecule has 2 rings (SSSR count). The number of rotatable bonds is 4. The number of aromatic nitrogens is 1. The average molecular weight is 292 g/mol. The number of ether oxygens (including phenoxy) is 1. The number of nitrogens with two attached hydrogens (primary N) is 1. The summed E-state index contributed by atoms with van der Waals surface area (Å²) in [5, 5.41) is 3.09. The van der Waals surface area contributed by atoms with Crippen LogP contribution in [0.15, 0.2) is 36.5 Å². The Morgan fingerprint density at radius 2 is 2.20 bits per heavy atom. The van der Waals surface area contributed by atoms with Crippen LogP contribution in [0.1, 0.15) is 5.56 Å². The van der Waals surface area contributed by atoms with Crippen molar-refractivity contribution in [2.75, 3.05) is 17.7 Å². The Labute approximate surface area is 121 Å². The minimum atomic E-state index is -0.295. The van der Waals surface area contributed by atoms with Gasteiger partial charge in [-0.25, -0.2) is 4.98 Å². The smallest absolute Gasteiger partial charge is 0.262 e. The Hall–Kier alpha value is -2.27. The molecule has 1 amide bonds. The third kappa shape index (κ3) is 3.61. The fraction of sp³-hybridized carbons (Fsp3) is 0.143. The molecule has 3 N–H and O–H groups in total. The van der Waals surface area contributed by atoms with Crippen molar-refractivity contribution >= 4 is 28.9 Å². The van der Waals surface area contributed by atoms with Gasteiger partial charge >= 0.3 is 0 Å². The molecule has 1 aromatic carbocycles. The molecule has 0 unspecified atom stereocenters. The second-order valence-corrected chi connectivity index (χ2v) is 4.56. The first-order valence-corrected chi connectivity index (χ1v) is 6.33. The van der Waals surface area contributed by atoms with Crippen molar-refractivity contribution < 1.29 is 9.53 Å². The van der Waals surface area contributed by atoms with E-state index < -0.39 is 0 Å². The van der Waals surface area contributed by atoms with Gasteiger partial charge in [0.25, 0.3) is 5.91 Å². The van der Waals surface area contributed by atoms with Crippen LogP contribution in [-0.4, -0.2) is 17.5 Å². The number of carbonyl (C=O) groups excluding carboxylic acids is 1. The van der Waals surface area contributed by atoms with E-state index in [1.165, 1.54) is 6.20 Å². The van der Waals surface area contributed by atoms with Gasteiger partial charge in [0.1, 0.15) is 10.9 Å². The first-order chi connectivity index (χ1) is 9.56. The van der Waals surface area contributed by atoms with Crippen LogP contribution in [0.25, 0.3) is 0 Å². The van der Waals surface area contributed by atoms with Crippen molar-refractivity contribution in [2.24, 2.45) is 0 Å². The molecular formula is C14H14ClN3O2. The predicted molar refractivity (Wildman–Crippen MR) is 79.0 cm³/mol. The molecule has 1 aromatic heterocycles. The summed E-state index contributed by atoms with van der Waals surface area (Å²) < 4.78 is 5.34. The topological polar surface area (TPSA) is 77.2 Å². The van der Waals surface area contributed by atoms with Crippen LogP contribution in [0.4, 0.5) is 11.4 Å². The highest BCUT2D eigenvalue weighted by atomic mass is 35.5. The van der Waals surface area contributed by atoms with Gasteiger partial charge in [-0.3, -0.25) is 4.79 Å². The molecule has 0 saturated carbocycles. The number of benzene rings is 1. The molecule has 104 valence electrons. The highest BCUT2D eigenvalue weighted by molar-refractivity contribution is 6.30. The fourth-order valence-electron chi connectivity index (χ4n) is 1.58. The van der Waals surface area contributed by atoms with Crippen molar-refractivity contribution in [2.45, 2.75) is 6.92 Å². The van der Waals surface area contributed by atoms with Crippen molar-refractivity contribution in [3.63, 3.8) is 0 Å². The summed E-state index contributed by atoms with van der Waals surface area (Å²) in [7, 11) is 0. The summed E-state index contributed by atoms with van der Waals surface area (Å²) in [5.41, 5.74) is 7.56. The van der Waals surface area contributed by atoms with E-state index in [9.17, 15) is 4.79 Å². The molecule has 2 aromatic rings. The summed E-state index contributed by atoms with van der Waals surface area (Å²) >= 11 is 5.81. The van der Waals surface area contributed by atoms with Gasteiger partial charge in [0, 0.05) is 0 Å². The third-order valence-corrected chi connectivity index (χ3v) is 2.97. The third-order valence-electron chi connectivity index (χ3n) is 2.58. The number of nitrogens with zero attached hydrogens (tertiary/aromatic N) is 1. The molecule has 0 spiro atoms. The minimum Gasteiger partial charge on any atom is -0.482 e. The van der Waals surface area contributed by atoms with Crippen LogP contribution in [0.2, 0.25) is 5.15 Å².